The lowest BCUT2D eigenvalue weighted by Gasteiger charge is -2.34. The van der Waals surface area contributed by atoms with Crippen LogP contribution in [-0.4, -0.2) is 32.3 Å². The minimum atomic E-state index is -4.13. The van der Waals surface area contributed by atoms with E-state index in [-0.39, 0.29) is 16.1 Å². The van der Waals surface area contributed by atoms with Crippen molar-refractivity contribution in [3.05, 3.63) is 28.0 Å². The van der Waals surface area contributed by atoms with Gasteiger partial charge in [-0.25, -0.2) is 12.8 Å². The third-order valence-corrected chi connectivity index (χ3v) is 5.86. The summed E-state index contributed by atoms with van der Waals surface area (Å²) in [5, 5.41) is 0. The third-order valence-electron chi connectivity index (χ3n) is 3.45. The van der Waals surface area contributed by atoms with Gasteiger partial charge < -0.3 is 4.90 Å². The van der Waals surface area contributed by atoms with Crippen molar-refractivity contribution in [3.63, 3.8) is 0 Å². The van der Waals surface area contributed by atoms with Crippen LogP contribution in [0.4, 0.5) is 4.39 Å². The quantitative estimate of drug-likeness (QED) is 0.752. The maximum Gasteiger partial charge on any atom is 0.262 e. The fraction of sp³-hybridized carbons (Fsp3) is 0.417. The van der Waals surface area contributed by atoms with Crippen LogP contribution in [0.2, 0.25) is 0 Å². The molecule has 4 nitrogen and oxygen atoms in total. The Balaban J connectivity index is 2.42. The molecule has 0 saturated heterocycles. The number of nitrogens with zero attached hydrogens (tertiary/aromatic N) is 1. The van der Waals surface area contributed by atoms with E-state index < -0.39 is 25.7 Å². The normalized spacial score (nSPS) is 15.8. The van der Waals surface area contributed by atoms with Crippen LogP contribution >= 0.6 is 26.6 Å². The molecule has 1 amide bonds. The number of benzene rings is 1. The van der Waals surface area contributed by atoms with Crippen LogP contribution in [0.1, 0.15) is 29.6 Å². The predicted molar refractivity (Wildman–Crippen MR) is 76.9 cm³/mol. The molecule has 1 aliphatic carbocycles. The van der Waals surface area contributed by atoms with Gasteiger partial charge in [-0.2, -0.15) is 0 Å². The SMILES string of the molecule is CN(C(=O)c1cc(F)c(Br)c(S(=O)(=O)Cl)c1)C1CCC1. The van der Waals surface area contributed by atoms with Gasteiger partial charge in [0.2, 0.25) is 0 Å². The van der Waals surface area contributed by atoms with Crippen LogP contribution < -0.4 is 0 Å². The molecule has 1 aromatic rings. The number of carbonyl (C=O) groups is 1. The van der Waals surface area contributed by atoms with Crippen LogP contribution in [0, 0.1) is 5.82 Å². The summed E-state index contributed by atoms with van der Waals surface area (Å²) in [7, 11) is 2.73. The molecule has 8 heteroatoms. The first-order chi connectivity index (χ1) is 9.21. The van der Waals surface area contributed by atoms with E-state index in [0.29, 0.717) is 0 Å². The molecular weight excluding hydrogens is 373 g/mol. The van der Waals surface area contributed by atoms with Gasteiger partial charge in [0, 0.05) is 29.3 Å². The Morgan fingerprint density at radius 1 is 1.45 bits per heavy atom. The average molecular weight is 385 g/mol. The molecule has 0 bridgehead atoms. The minimum absolute atomic E-state index is 0.0284. The Morgan fingerprint density at radius 3 is 2.50 bits per heavy atom. The van der Waals surface area contributed by atoms with E-state index in [9.17, 15) is 17.6 Å². The molecular formula is C12H12BrClFNO3S. The van der Waals surface area contributed by atoms with Crippen molar-refractivity contribution in [2.75, 3.05) is 7.05 Å². The summed E-state index contributed by atoms with van der Waals surface area (Å²) in [6.07, 6.45) is 2.86. The van der Waals surface area contributed by atoms with E-state index in [1.54, 1.807) is 7.05 Å². The largest absolute Gasteiger partial charge is 0.339 e. The lowest BCUT2D eigenvalue weighted by molar-refractivity contribution is 0.0651. The van der Waals surface area contributed by atoms with Gasteiger partial charge in [0.15, 0.2) is 0 Å². The summed E-state index contributed by atoms with van der Waals surface area (Å²) in [5.41, 5.74) is -0.0284. The summed E-state index contributed by atoms with van der Waals surface area (Å²) < 4.78 is 36.3. The van der Waals surface area contributed by atoms with Crippen LogP contribution in [0.25, 0.3) is 0 Å². The molecule has 0 spiro atoms. The van der Waals surface area contributed by atoms with E-state index in [1.807, 2.05) is 0 Å². The van der Waals surface area contributed by atoms with Crippen molar-refractivity contribution >= 4 is 41.6 Å². The molecule has 1 saturated carbocycles. The topological polar surface area (TPSA) is 54.5 Å². The zero-order valence-electron chi connectivity index (χ0n) is 10.6. The summed E-state index contributed by atoms with van der Waals surface area (Å²) >= 11 is 2.83. The maximum atomic E-state index is 13.8. The maximum absolute atomic E-state index is 13.8. The number of hydrogen-bond donors (Lipinski definition) is 0. The van der Waals surface area contributed by atoms with E-state index in [0.717, 1.165) is 31.4 Å². The van der Waals surface area contributed by atoms with Crippen molar-refractivity contribution in [1.29, 1.82) is 0 Å². The standard InChI is InChI=1S/C12H12BrClFNO3S/c1-16(8-3-2-4-8)12(17)7-5-9(15)11(13)10(6-7)20(14,18)19/h5-6,8H,2-4H2,1H3. The van der Waals surface area contributed by atoms with Crippen molar-refractivity contribution in [1.82, 2.24) is 4.90 Å². The molecule has 0 aliphatic heterocycles. The first-order valence-corrected chi connectivity index (χ1v) is 9.03. The number of carbonyl (C=O) groups excluding carboxylic acids is 1. The van der Waals surface area contributed by atoms with E-state index in [4.69, 9.17) is 10.7 Å². The van der Waals surface area contributed by atoms with Gasteiger partial charge in [-0.1, -0.05) is 0 Å². The summed E-state index contributed by atoms with van der Waals surface area (Å²) in [4.78, 5) is 13.3. The smallest absolute Gasteiger partial charge is 0.262 e. The number of hydrogen-bond acceptors (Lipinski definition) is 3. The van der Waals surface area contributed by atoms with Crippen LogP contribution in [0.3, 0.4) is 0 Å². The molecule has 2 rings (SSSR count). The van der Waals surface area contributed by atoms with Crippen LogP contribution in [0.5, 0.6) is 0 Å². The summed E-state index contributed by atoms with van der Waals surface area (Å²) in [6.45, 7) is 0. The second-order valence-electron chi connectivity index (χ2n) is 4.71. The zero-order chi connectivity index (χ0) is 15.1. The highest BCUT2D eigenvalue weighted by molar-refractivity contribution is 9.10. The van der Waals surface area contributed by atoms with Gasteiger partial charge in [0.1, 0.15) is 10.7 Å². The third kappa shape index (κ3) is 2.99. The highest BCUT2D eigenvalue weighted by atomic mass is 79.9. The molecule has 110 valence electrons. The summed E-state index contributed by atoms with van der Waals surface area (Å²) in [5.74, 6) is -1.25. The molecule has 0 atom stereocenters. The average Bonchev–Trinajstić information content (AvgIpc) is 2.27. The lowest BCUT2D eigenvalue weighted by Crippen LogP contribution is -2.41. The van der Waals surface area contributed by atoms with Gasteiger partial charge in [0.25, 0.3) is 15.0 Å². The molecule has 0 radical (unpaired) electrons. The second kappa shape index (κ2) is 5.61. The predicted octanol–water partition coefficient (Wildman–Crippen LogP) is 3.14. The van der Waals surface area contributed by atoms with E-state index >= 15 is 0 Å². The van der Waals surface area contributed by atoms with Crippen molar-refractivity contribution < 1.29 is 17.6 Å². The van der Waals surface area contributed by atoms with Gasteiger partial charge in [-0.05, 0) is 47.3 Å². The second-order valence-corrected chi connectivity index (χ2v) is 8.04. The minimum Gasteiger partial charge on any atom is -0.339 e. The molecule has 0 aromatic heterocycles. The fourth-order valence-electron chi connectivity index (χ4n) is 2.01. The molecule has 0 N–H and O–H groups in total. The fourth-order valence-corrected chi connectivity index (χ4v) is 4.10. The molecule has 1 aliphatic rings. The molecule has 1 fully saturated rings. The highest BCUT2D eigenvalue weighted by Crippen LogP contribution is 2.31. The van der Waals surface area contributed by atoms with Crippen LogP contribution in [0.15, 0.2) is 21.5 Å². The Morgan fingerprint density at radius 2 is 2.05 bits per heavy atom. The number of rotatable bonds is 3. The Bertz CT molecular complexity index is 661. The molecule has 0 unspecified atom stereocenters. The van der Waals surface area contributed by atoms with E-state index in [2.05, 4.69) is 15.9 Å². The van der Waals surface area contributed by atoms with Gasteiger partial charge >= 0.3 is 0 Å². The first kappa shape index (κ1) is 15.7. The van der Waals surface area contributed by atoms with Crippen LogP contribution in [-0.2, 0) is 9.05 Å². The molecule has 20 heavy (non-hydrogen) atoms. The van der Waals surface area contributed by atoms with Gasteiger partial charge in [-0.15, -0.1) is 0 Å². The van der Waals surface area contributed by atoms with Gasteiger partial charge in [-0.3, -0.25) is 4.79 Å². The number of halogens is 3. The monoisotopic (exact) mass is 383 g/mol. The lowest BCUT2D eigenvalue weighted by atomic mass is 9.91. The molecule has 0 heterocycles. The Kier molecular flexibility index (Phi) is 4.41. The zero-order valence-corrected chi connectivity index (χ0v) is 13.7. The van der Waals surface area contributed by atoms with Gasteiger partial charge in [0.05, 0.1) is 4.47 Å². The Hall–Kier alpha value is -0.660. The Labute approximate surface area is 129 Å². The first-order valence-electron chi connectivity index (χ1n) is 5.92. The highest BCUT2D eigenvalue weighted by Gasteiger charge is 2.28. The van der Waals surface area contributed by atoms with Crippen molar-refractivity contribution in [2.45, 2.75) is 30.2 Å². The van der Waals surface area contributed by atoms with E-state index in [1.165, 1.54) is 4.90 Å². The van der Waals surface area contributed by atoms with Crippen molar-refractivity contribution in [2.24, 2.45) is 0 Å². The number of amides is 1. The van der Waals surface area contributed by atoms with Crippen molar-refractivity contribution in [3.8, 4) is 0 Å². The molecule has 1 aromatic carbocycles. The summed E-state index contributed by atoms with van der Waals surface area (Å²) in [6, 6.07) is 2.23.